The molecule has 2 heterocycles. The van der Waals surface area contributed by atoms with Crippen molar-refractivity contribution in [3.05, 3.63) is 47.3 Å². The van der Waals surface area contributed by atoms with Gasteiger partial charge in [0.05, 0.1) is 35.8 Å². The lowest BCUT2D eigenvalue weighted by Gasteiger charge is -2.12. The number of carbonyl (C=O) groups excluding carboxylic acids is 1. The number of hydrogen-bond acceptors (Lipinski definition) is 5. The molecule has 1 amide bonds. The van der Waals surface area contributed by atoms with Gasteiger partial charge in [0.15, 0.2) is 5.65 Å². The van der Waals surface area contributed by atoms with E-state index in [4.69, 9.17) is 9.84 Å². The average molecular weight is 368 g/mol. The summed E-state index contributed by atoms with van der Waals surface area (Å²) in [5.41, 5.74) is 2.16. The maximum absolute atomic E-state index is 12.8. The van der Waals surface area contributed by atoms with Gasteiger partial charge in [0.1, 0.15) is 5.75 Å². The third kappa shape index (κ3) is 3.46. The van der Waals surface area contributed by atoms with Crippen molar-refractivity contribution in [2.24, 2.45) is 0 Å². The number of aromatic nitrogens is 3. The summed E-state index contributed by atoms with van der Waals surface area (Å²) in [4.78, 5) is 28.4. The molecule has 3 aromatic rings. The smallest absolute Gasteiger partial charge is 0.335 e. The number of benzene rings is 1. The molecule has 0 atom stereocenters. The first-order chi connectivity index (χ1) is 12.8. The minimum atomic E-state index is -1.07. The van der Waals surface area contributed by atoms with Gasteiger partial charge in [-0.05, 0) is 45.0 Å². The Bertz CT molecular complexity index is 1040. The summed E-state index contributed by atoms with van der Waals surface area (Å²) in [7, 11) is 1.41. The van der Waals surface area contributed by atoms with E-state index < -0.39 is 5.97 Å². The number of carboxylic acids is 1. The van der Waals surface area contributed by atoms with Gasteiger partial charge in [-0.1, -0.05) is 0 Å². The first-order valence-electron chi connectivity index (χ1n) is 8.39. The molecule has 8 heteroatoms. The maximum atomic E-state index is 12.8. The van der Waals surface area contributed by atoms with Crippen LogP contribution in [-0.2, 0) is 0 Å². The number of aryl methyl sites for hydroxylation is 1. The lowest BCUT2D eigenvalue weighted by Crippen LogP contribution is -2.15. The number of anilines is 1. The standard InChI is InChI=1S/C19H20N4O4/c1-10(2)23-17-13(9-20-23)7-14(11(3)21-17)18(24)22-15-6-5-12(19(25)26)8-16(15)27-4/h5-10H,1-4H3,(H,22,24)(H,25,26). The van der Waals surface area contributed by atoms with Crippen molar-refractivity contribution in [3.8, 4) is 5.75 Å². The van der Waals surface area contributed by atoms with Crippen LogP contribution in [0, 0.1) is 6.92 Å². The van der Waals surface area contributed by atoms with Gasteiger partial charge in [-0.25, -0.2) is 14.5 Å². The summed E-state index contributed by atoms with van der Waals surface area (Å²) in [5, 5.41) is 16.9. The summed E-state index contributed by atoms with van der Waals surface area (Å²) in [6, 6.07) is 6.17. The molecule has 0 aliphatic rings. The number of aromatic carboxylic acids is 1. The molecule has 0 aliphatic heterocycles. The van der Waals surface area contributed by atoms with Crippen LogP contribution in [0.3, 0.4) is 0 Å². The van der Waals surface area contributed by atoms with Crippen molar-refractivity contribution < 1.29 is 19.4 Å². The average Bonchev–Trinajstić information content (AvgIpc) is 3.03. The van der Waals surface area contributed by atoms with Crippen LogP contribution in [0.1, 0.15) is 46.3 Å². The second-order valence-corrected chi connectivity index (χ2v) is 6.39. The molecule has 2 N–H and O–H groups in total. The third-order valence-corrected chi connectivity index (χ3v) is 4.19. The Morgan fingerprint density at radius 3 is 2.63 bits per heavy atom. The molecule has 3 rings (SSSR count). The van der Waals surface area contributed by atoms with Crippen molar-refractivity contribution in [2.45, 2.75) is 26.8 Å². The number of hydrogen-bond donors (Lipinski definition) is 2. The van der Waals surface area contributed by atoms with Crippen LogP contribution in [-0.4, -0.2) is 38.9 Å². The highest BCUT2D eigenvalue weighted by Gasteiger charge is 2.17. The summed E-state index contributed by atoms with van der Waals surface area (Å²) < 4.78 is 7.00. The SMILES string of the molecule is COc1cc(C(=O)O)ccc1NC(=O)c1cc2cnn(C(C)C)c2nc1C. The van der Waals surface area contributed by atoms with E-state index in [1.807, 2.05) is 13.8 Å². The van der Waals surface area contributed by atoms with E-state index >= 15 is 0 Å². The van der Waals surface area contributed by atoms with Gasteiger partial charge in [-0.3, -0.25) is 4.79 Å². The van der Waals surface area contributed by atoms with E-state index in [9.17, 15) is 9.59 Å². The molecule has 0 saturated heterocycles. The van der Waals surface area contributed by atoms with E-state index in [0.29, 0.717) is 16.9 Å². The highest BCUT2D eigenvalue weighted by molar-refractivity contribution is 6.07. The van der Waals surface area contributed by atoms with E-state index in [1.165, 1.54) is 25.3 Å². The number of ether oxygens (including phenoxy) is 1. The fourth-order valence-corrected chi connectivity index (χ4v) is 2.79. The monoisotopic (exact) mass is 368 g/mol. The Kier molecular flexibility index (Phi) is 4.81. The van der Waals surface area contributed by atoms with Gasteiger partial charge >= 0.3 is 5.97 Å². The summed E-state index contributed by atoms with van der Waals surface area (Å²) >= 11 is 0. The topological polar surface area (TPSA) is 106 Å². The molecule has 0 unspecified atom stereocenters. The highest BCUT2D eigenvalue weighted by Crippen LogP contribution is 2.27. The minimum Gasteiger partial charge on any atom is -0.495 e. The number of nitrogens with zero attached hydrogens (tertiary/aromatic N) is 3. The van der Waals surface area contributed by atoms with E-state index in [2.05, 4.69) is 15.4 Å². The number of carboxylic acid groups (broad SMARTS) is 1. The molecule has 0 saturated carbocycles. The Morgan fingerprint density at radius 1 is 1.26 bits per heavy atom. The van der Waals surface area contributed by atoms with Gasteiger partial charge in [-0.15, -0.1) is 0 Å². The zero-order valence-corrected chi connectivity index (χ0v) is 15.5. The number of amides is 1. The van der Waals surface area contributed by atoms with Crippen LogP contribution in [0.2, 0.25) is 0 Å². The van der Waals surface area contributed by atoms with Gasteiger partial charge in [0.25, 0.3) is 5.91 Å². The lowest BCUT2D eigenvalue weighted by molar-refractivity contribution is 0.0696. The molecular formula is C19H20N4O4. The first-order valence-corrected chi connectivity index (χ1v) is 8.39. The molecule has 0 spiro atoms. The molecular weight excluding hydrogens is 348 g/mol. The number of fused-ring (bicyclic) bond motifs is 1. The fraction of sp³-hybridized carbons (Fsp3) is 0.263. The quantitative estimate of drug-likeness (QED) is 0.716. The van der Waals surface area contributed by atoms with Crippen LogP contribution in [0.15, 0.2) is 30.5 Å². The van der Waals surface area contributed by atoms with E-state index in [1.54, 1.807) is 23.9 Å². The number of rotatable bonds is 5. The Balaban J connectivity index is 1.95. The number of nitrogens with one attached hydrogen (secondary N) is 1. The number of methoxy groups -OCH3 is 1. The van der Waals surface area contributed by atoms with Gasteiger partial charge in [-0.2, -0.15) is 5.10 Å². The van der Waals surface area contributed by atoms with Crippen LogP contribution in [0.5, 0.6) is 5.75 Å². The molecule has 1 aromatic carbocycles. The van der Waals surface area contributed by atoms with Gasteiger partial charge in [0, 0.05) is 11.4 Å². The number of pyridine rings is 1. The summed E-state index contributed by atoms with van der Waals surface area (Å²) in [5.74, 6) is -1.16. The molecule has 8 nitrogen and oxygen atoms in total. The van der Waals surface area contributed by atoms with Crippen molar-refractivity contribution in [3.63, 3.8) is 0 Å². The molecule has 2 aromatic heterocycles. The maximum Gasteiger partial charge on any atom is 0.335 e. The third-order valence-electron chi connectivity index (χ3n) is 4.19. The van der Waals surface area contributed by atoms with E-state index in [0.717, 1.165) is 11.0 Å². The fourth-order valence-electron chi connectivity index (χ4n) is 2.79. The van der Waals surface area contributed by atoms with Crippen molar-refractivity contribution in [1.29, 1.82) is 0 Å². The molecule has 27 heavy (non-hydrogen) atoms. The van der Waals surface area contributed by atoms with E-state index in [-0.39, 0.29) is 23.3 Å². The highest BCUT2D eigenvalue weighted by atomic mass is 16.5. The van der Waals surface area contributed by atoms with Crippen LogP contribution >= 0.6 is 0 Å². The normalized spacial score (nSPS) is 11.0. The van der Waals surface area contributed by atoms with Crippen molar-refractivity contribution >= 4 is 28.6 Å². The molecule has 140 valence electrons. The lowest BCUT2D eigenvalue weighted by atomic mass is 10.1. The predicted octanol–water partition coefficient (Wildman–Crippen LogP) is 3.28. The second kappa shape index (κ2) is 7.06. The van der Waals surface area contributed by atoms with Gasteiger partial charge < -0.3 is 15.2 Å². The molecule has 0 bridgehead atoms. The zero-order chi connectivity index (χ0) is 19.7. The van der Waals surface area contributed by atoms with Crippen LogP contribution in [0.25, 0.3) is 11.0 Å². The largest absolute Gasteiger partial charge is 0.495 e. The Morgan fingerprint density at radius 2 is 2.00 bits per heavy atom. The first kappa shape index (κ1) is 18.4. The summed E-state index contributed by atoms with van der Waals surface area (Å²) in [6.07, 6.45) is 1.68. The van der Waals surface area contributed by atoms with Crippen LogP contribution < -0.4 is 10.1 Å². The molecule has 0 radical (unpaired) electrons. The Hall–Kier alpha value is -3.42. The molecule has 0 aliphatic carbocycles. The van der Waals surface area contributed by atoms with Gasteiger partial charge in [0.2, 0.25) is 0 Å². The van der Waals surface area contributed by atoms with Crippen LogP contribution in [0.4, 0.5) is 5.69 Å². The Labute approximate surface area is 155 Å². The number of carbonyl (C=O) groups is 2. The zero-order valence-electron chi connectivity index (χ0n) is 15.5. The predicted molar refractivity (Wildman–Crippen MR) is 101 cm³/mol. The minimum absolute atomic E-state index is 0.0743. The second-order valence-electron chi connectivity index (χ2n) is 6.39. The van der Waals surface area contributed by atoms with Crippen molar-refractivity contribution in [1.82, 2.24) is 14.8 Å². The molecule has 0 fully saturated rings. The summed E-state index contributed by atoms with van der Waals surface area (Å²) in [6.45, 7) is 5.78. The van der Waals surface area contributed by atoms with Crippen molar-refractivity contribution in [2.75, 3.05) is 12.4 Å².